The van der Waals surface area contributed by atoms with Crippen LogP contribution in [0, 0.1) is 12.0 Å². The molecule has 0 saturated heterocycles. The number of hydrogen-bond donors (Lipinski definition) is 0. The lowest BCUT2D eigenvalue weighted by molar-refractivity contribution is 0.518. The second-order valence-electron chi connectivity index (χ2n) is 5.17. The Labute approximate surface area is 133 Å². The summed E-state index contributed by atoms with van der Waals surface area (Å²) in [5.41, 5.74) is 2.46. The molecule has 0 amide bonds. The fraction of sp³-hybridized carbons (Fsp3) is 0.238. The van der Waals surface area contributed by atoms with E-state index in [0.29, 0.717) is 0 Å². The van der Waals surface area contributed by atoms with Crippen LogP contribution in [0.5, 0.6) is 5.75 Å². The third kappa shape index (κ3) is 3.23. The summed E-state index contributed by atoms with van der Waals surface area (Å²) >= 11 is 0. The smallest absolute Gasteiger partial charge is 0.140 e. The van der Waals surface area contributed by atoms with Crippen molar-refractivity contribution in [1.29, 1.82) is 0 Å². The van der Waals surface area contributed by atoms with Crippen LogP contribution >= 0.6 is 0 Å². The molecule has 0 fully saturated rings. The van der Waals surface area contributed by atoms with Crippen LogP contribution in [0.1, 0.15) is 38.3 Å². The molecule has 0 saturated carbocycles. The number of rotatable bonds is 5. The van der Waals surface area contributed by atoms with Crippen molar-refractivity contribution in [2.24, 2.45) is 0 Å². The maximum absolute atomic E-state index is 5.34. The zero-order valence-corrected chi connectivity index (χ0v) is 13.5. The topological polar surface area (TPSA) is 9.23 Å². The predicted molar refractivity (Wildman–Crippen MR) is 92.8 cm³/mol. The first kappa shape index (κ1) is 15.9. The molecule has 1 nitrogen and oxygen atoms in total. The summed E-state index contributed by atoms with van der Waals surface area (Å²) in [6.07, 6.45) is 8.04. The lowest BCUT2D eigenvalue weighted by atomic mass is 9.72. The van der Waals surface area contributed by atoms with Gasteiger partial charge in [0.1, 0.15) is 11.9 Å². The van der Waals surface area contributed by atoms with Crippen LogP contribution in [-0.4, -0.2) is 0 Å². The van der Waals surface area contributed by atoms with Gasteiger partial charge in [-0.3, -0.25) is 0 Å². The molecule has 1 unspecified atom stereocenters. The normalized spacial score (nSPS) is 13.2. The SMILES string of the molecule is CC#COc1ccc(C(C=CC)(CC)c2ccccc2)cc1. The van der Waals surface area contributed by atoms with Gasteiger partial charge in [0.15, 0.2) is 0 Å². The molecule has 1 heteroatoms. The van der Waals surface area contributed by atoms with Crippen molar-refractivity contribution in [1.82, 2.24) is 0 Å². The van der Waals surface area contributed by atoms with Crippen molar-refractivity contribution < 1.29 is 4.74 Å². The number of hydrogen-bond acceptors (Lipinski definition) is 1. The molecule has 22 heavy (non-hydrogen) atoms. The fourth-order valence-electron chi connectivity index (χ4n) is 2.84. The molecule has 0 aliphatic carbocycles. The molecule has 0 bridgehead atoms. The Balaban J connectivity index is 2.47. The summed E-state index contributed by atoms with van der Waals surface area (Å²) in [5.74, 6) is 3.51. The highest BCUT2D eigenvalue weighted by Gasteiger charge is 2.29. The fourth-order valence-corrected chi connectivity index (χ4v) is 2.84. The molecule has 0 radical (unpaired) electrons. The molecule has 2 aromatic carbocycles. The zero-order chi connectivity index (χ0) is 15.8. The van der Waals surface area contributed by atoms with Gasteiger partial charge in [-0.1, -0.05) is 67.5 Å². The third-order valence-electron chi connectivity index (χ3n) is 3.94. The Morgan fingerprint density at radius 1 is 1.00 bits per heavy atom. The minimum Gasteiger partial charge on any atom is -0.408 e. The minimum atomic E-state index is -0.106. The summed E-state index contributed by atoms with van der Waals surface area (Å²) in [7, 11) is 0. The summed E-state index contributed by atoms with van der Waals surface area (Å²) in [5, 5.41) is 0. The molecule has 112 valence electrons. The standard InChI is InChI=1S/C21H22O/c1-4-16-21(6-3,18-10-8-7-9-11-18)19-12-14-20(15-13-19)22-17-5-2/h4,7-16H,6H2,1-3H3. The Hall–Kier alpha value is -2.46. The molecule has 0 heterocycles. The molecule has 2 aromatic rings. The molecule has 0 N–H and O–H groups in total. The van der Waals surface area contributed by atoms with Crippen molar-refractivity contribution in [3.63, 3.8) is 0 Å². The summed E-state index contributed by atoms with van der Waals surface area (Å²) in [6.45, 7) is 6.06. The molecule has 0 aliphatic heterocycles. The highest BCUT2D eigenvalue weighted by atomic mass is 16.5. The largest absolute Gasteiger partial charge is 0.408 e. The van der Waals surface area contributed by atoms with Gasteiger partial charge in [-0.15, -0.1) is 0 Å². The van der Waals surface area contributed by atoms with Crippen LogP contribution in [0.25, 0.3) is 0 Å². The van der Waals surface area contributed by atoms with E-state index in [1.807, 2.05) is 12.1 Å². The second-order valence-corrected chi connectivity index (χ2v) is 5.17. The van der Waals surface area contributed by atoms with Crippen LogP contribution in [0.15, 0.2) is 66.7 Å². The van der Waals surface area contributed by atoms with Gasteiger partial charge in [-0.05, 0) is 36.6 Å². The van der Waals surface area contributed by atoms with E-state index in [1.54, 1.807) is 6.92 Å². The van der Waals surface area contributed by atoms with E-state index >= 15 is 0 Å². The summed E-state index contributed by atoms with van der Waals surface area (Å²) in [4.78, 5) is 0. The van der Waals surface area contributed by atoms with E-state index in [9.17, 15) is 0 Å². The van der Waals surface area contributed by atoms with Gasteiger partial charge in [0.05, 0.1) is 0 Å². The van der Waals surface area contributed by atoms with E-state index in [4.69, 9.17) is 4.74 Å². The Morgan fingerprint density at radius 2 is 1.64 bits per heavy atom. The highest BCUT2D eigenvalue weighted by molar-refractivity contribution is 5.46. The molecule has 0 spiro atoms. The van der Waals surface area contributed by atoms with Crippen LogP contribution in [0.4, 0.5) is 0 Å². The van der Waals surface area contributed by atoms with Crippen LogP contribution in [0.2, 0.25) is 0 Å². The summed E-state index contributed by atoms with van der Waals surface area (Å²) < 4.78 is 5.34. The van der Waals surface area contributed by atoms with Gasteiger partial charge in [-0.25, -0.2) is 0 Å². The average Bonchev–Trinajstić information content (AvgIpc) is 2.59. The Bertz CT molecular complexity index is 671. The van der Waals surface area contributed by atoms with Crippen LogP contribution < -0.4 is 4.74 Å². The van der Waals surface area contributed by atoms with Gasteiger partial charge < -0.3 is 4.74 Å². The quantitative estimate of drug-likeness (QED) is 0.535. The van der Waals surface area contributed by atoms with Crippen LogP contribution in [-0.2, 0) is 5.41 Å². The number of allylic oxidation sites excluding steroid dienone is 2. The van der Waals surface area contributed by atoms with Crippen molar-refractivity contribution in [2.45, 2.75) is 32.6 Å². The lowest BCUT2D eigenvalue weighted by Crippen LogP contribution is -2.24. The van der Waals surface area contributed by atoms with Crippen molar-refractivity contribution in [3.05, 3.63) is 77.9 Å². The first-order valence-electron chi connectivity index (χ1n) is 7.65. The highest BCUT2D eigenvalue weighted by Crippen LogP contribution is 2.37. The molecular weight excluding hydrogens is 268 g/mol. The third-order valence-corrected chi connectivity index (χ3v) is 3.94. The van der Waals surface area contributed by atoms with Gasteiger partial charge in [0, 0.05) is 12.3 Å². The van der Waals surface area contributed by atoms with Crippen LogP contribution in [0.3, 0.4) is 0 Å². The van der Waals surface area contributed by atoms with Crippen molar-refractivity contribution in [3.8, 4) is 17.8 Å². The first-order chi connectivity index (χ1) is 10.8. The van der Waals surface area contributed by atoms with Crippen molar-refractivity contribution in [2.75, 3.05) is 0 Å². The molecule has 2 rings (SSSR count). The van der Waals surface area contributed by atoms with E-state index in [0.717, 1.165) is 12.2 Å². The Morgan fingerprint density at radius 3 is 2.18 bits per heavy atom. The lowest BCUT2D eigenvalue weighted by Gasteiger charge is -2.31. The molecule has 0 aliphatic rings. The van der Waals surface area contributed by atoms with Gasteiger partial charge in [0.25, 0.3) is 0 Å². The van der Waals surface area contributed by atoms with Crippen molar-refractivity contribution >= 4 is 0 Å². The number of ether oxygens (including phenoxy) is 1. The maximum atomic E-state index is 5.34. The van der Waals surface area contributed by atoms with Gasteiger partial charge in [-0.2, -0.15) is 0 Å². The minimum absolute atomic E-state index is 0.106. The molecule has 1 atom stereocenters. The monoisotopic (exact) mass is 290 g/mol. The van der Waals surface area contributed by atoms with Gasteiger partial charge in [0.2, 0.25) is 0 Å². The van der Waals surface area contributed by atoms with E-state index < -0.39 is 0 Å². The van der Waals surface area contributed by atoms with E-state index in [1.165, 1.54) is 11.1 Å². The first-order valence-corrected chi connectivity index (χ1v) is 7.65. The zero-order valence-electron chi connectivity index (χ0n) is 13.5. The maximum Gasteiger partial charge on any atom is 0.140 e. The summed E-state index contributed by atoms with van der Waals surface area (Å²) in [6, 6.07) is 18.8. The van der Waals surface area contributed by atoms with Gasteiger partial charge >= 0.3 is 0 Å². The van der Waals surface area contributed by atoms with E-state index in [-0.39, 0.29) is 5.41 Å². The van der Waals surface area contributed by atoms with E-state index in [2.05, 4.69) is 80.5 Å². The number of benzene rings is 2. The Kier molecular flexibility index (Phi) is 5.44. The second kappa shape index (κ2) is 7.52. The molecule has 0 aromatic heterocycles. The predicted octanol–water partition coefficient (Wildman–Crippen LogP) is 5.32. The average molecular weight is 290 g/mol. The molecular formula is C21H22O.